The molecule has 0 aliphatic heterocycles. The zero-order valence-corrected chi connectivity index (χ0v) is 17.0. The normalized spacial score (nSPS) is 11.8. The molecule has 31 heavy (non-hydrogen) atoms. The molecule has 3 aromatic carbocycles. The van der Waals surface area contributed by atoms with Crippen LogP contribution in [0.4, 0.5) is 4.79 Å². The molecule has 154 valence electrons. The molecule has 0 spiro atoms. The summed E-state index contributed by atoms with van der Waals surface area (Å²) in [6.45, 7) is 0. The van der Waals surface area contributed by atoms with E-state index in [1.807, 2.05) is 36.4 Å². The van der Waals surface area contributed by atoms with E-state index in [1.54, 1.807) is 48.5 Å². The Morgan fingerprint density at radius 2 is 1.52 bits per heavy atom. The summed E-state index contributed by atoms with van der Waals surface area (Å²) in [6.07, 6.45) is -0.462. The van der Waals surface area contributed by atoms with Crippen molar-refractivity contribution in [3.63, 3.8) is 0 Å². The molecule has 0 aromatic heterocycles. The minimum atomic E-state index is -0.716. The molecule has 6 nitrogen and oxygen atoms in total. The number of hydrogen-bond acceptors (Lipinski definition) is 4. The third-order valence-electron chi connectivity index (χ3n) is 4.69. The highest BCUT2D eigenvalue weighted by Crippen LogP contribution is 2.22. The predicted molar refractivity (Wildman–Crippen MR) is 118 cm³/mol. The number of benzene rings is 3. The van der Waals surface area contributed by atoms with Gasteiger partial charge in [-0.05, 0) is 35.4 Å². The number of aliphatic imine (C=N–C) groups is 1. The Morgan fingerprint density at radius 3 is 2.06 bits per heavy atom. The third kappa shape index (κ3) is 5.87. The Balaban J connectivity index is 1.97. The Hall–Kier alpha value is -4.24. The molecule has 3 rings (SSSR count). The molecule has 0 radical (unpaired) electrons. The second-order valence-electron chi connectivity index (χ2n) is 6.72. The van der Waals surface area contributed by atoms with Crippen LogP contribution in [-0.2, 0) is 4.74 Å². The van der Waals surface area contributed by atoms with Gasteiger partial charge in [0.15, 0.2) is 0 Å². The topological polar surface area (TPSA) is 91.5 Å². The molecule has 2 amide bonds. The Kier molecular flexibility index (Phi) is 7.28. The van der Waals surface area contributed by atoms with Gasteiger partial charge < -0.3 is 10.1 Å². The quantitative estimate of drug-likeness (QED) is 0.597. The van der Waals surface area contributed by atoms with Crippen molar-refractivity contribution in [1.29, 1.82) is 5.26 Å². The average Bonchev–Trinajstić information content (AvgIpc) is 2.84. The first kappa shape index (κ1) is 21.5. The first-order valence-electron chi connectivity index (χ1n) is 9.67. The van der Waals surface area contributed by atoms with Gasteiger partial charge in [0, 0.05) is 12.0 Å². The van der Waals surface area contributed by atoms with Gasteiger partial charge in [-0.3, -0.25) is 4.79 Å². The lowest BCUT2D eigenvalue weighted by atomic mass is 9.96. The first-order valence-corrected chi connectivity index (χ1v) is 9.67. The van der Waals surface area contributed by atoms with Gasteiger partial charge in [-0.2, -0.15) is 10.3 Å². The molecule has 0 heterocycles. The molecular formula is C25H21N3O3. The van der Waals surface area contributed by atoms with Crippen LogP contribution in [0.1, 0.15) is 39.5 Å². The van der Waals surface area contributed by atoms with Crippen molar-refractivity contribution >= 4 is 17.7 Å². The molecule has 0 aliphatic rings. The van der Waals surface area contributed by atoms with E-state index in [9.17, 15) is 9.59 Å². The maximum Gasteiger partial charge on any atom is 0.433 e. The van der Waals surface area contributed by atoms with Crippen molar-refractivity contribution in [1.82, 2.24) is 5.32 Å². The summed E-state index contributed by atoms with van der Waals surface area (Å²) >= 11 is 0. The first-order chi connectivity index (χ1) is 15.1. The fraction of sp³-hybridized carbons (Fsp3) is 0.120. The summed E-state index contributed by atoms with van der Waals surface area (Å²) in [4.78, 5) is 28.9. The van der Waals surface area contributed by atoms with Crippen molar-refractivity contribution in [3.05, 3.63) is 107 Å². The number of hydrogen-bond donors (Lipinski definition) is 1. The Labute approximate surface area is 180 Å². The largest absolute Gasteiger partial charge is 0.451 e. The van der Waals surface area contributed by atoms with E-state index in [0.717, 1.165) is 11.1 Å². The van der Waals surface area contributed by atoms with Gasteiger partial charge in [-0.15, -0.1) is 0 Å². The smallest absolute Gasteiger partial charge is 0.433 e. The lowest BCUT2D eigenvalue weighted by Gasteiger charge is -2.21. The van der Waals surface area contributed by atoms with Gasteiger partial charge in [-0.1, -0.05) is 60.7 Å². The van der Waals surface area contributed by atoms with Gasteiger partial charge in [-0.25, -0.2) is 4.79 Å². The van der Waals surface area contributed by atoms with Crippen molar-refractivity contribution in [2.24, 2.45) is 4.99 Å². The molecule has 0 unspecified atom stereocenters. The van der Waals surface area contributed by atoms with E-state index in [-0.39, 0.29) is 12.3 Å². The molecule has 0 saturated heterocycles. The summed E-state index contributed by atoms with van der Waals surface area (Å²) in [5.74, 6) is -0.250. The lowest BCUT2D eigenvalue weighted by molar-refractivity contribution is 0.0938. The SMILES string of the molecule is COC(=O)/N=C(\C[C@@H](NC(=O)c1ccccc1)c1ccc(C#N)cc1)c1ccccc1. The van der Waals surface area contributed by atoms with Crippen LogP contribution in [0.3, 0.4) is 0 Å². The number of ether oxygens (including phenoxy) is 1. The minimum Gasteiger partial charge on any atom is -0.451 e. The predicted octanol–water partition coefficient (Wildman–Crippen LogP) is 4.68. The third-order valence-corrected chi connectivity index (χ3v) is 4.69. The molecule has 0 bridgehead atoms. The van der Waals surface area contributed by atoms with Crippen LogP contribution in [0.15, 0.2) is 89.9 Å². The number of nitrogens with zero attached hydrogens (tertiary/aromatic N) is 2. The van der Waals surface area contributed by atoms with Crippen molar-refractivity contribution in [2.45, 2.75) is 12.5 Å². The summed E-state index contributed by atoms with van der Waals surface area (Å²) in [5.41, 5.74) is 3.06. The van der Waals surface area contributed by atoms with E-state index in [4.69, 9.17) is 10.00 Å². The zero-order valence-electron chi connectivity index (χ0n) is 17.0. The highest BCUT2D eigenvalue weighted by molar-refractivity contribution is 6.06. The number of rotatable bonds is 6. The summed E-state index contributed by atoms with van der Waals surface area (Å²) < 4.78 is 4.72. The summed E-state index contributed by atoms with van der Waals surface area (Å²) in [7, 11) is 1.27. The Bertz CT molecular complexity index is 1100. The van der Waals surface area contributed by atoms with Crippen molar-refractivity contribution < 1.29 is 14.3 Å². The summed E-state index contributed by atoms with van der Waals surface area (Å²) in [5, 5.41) is 12.1. The van der Waals surface area contributed by atoms with E-state index in [0.29, 0.717) is 16.8 Å². The van der Waals surface area contributed by atoms with Gasteiger partial charge in [0.2, 0.25) is 0 Å². The number of nitrogens with one attached hydrogen (secondary N) is 1. The van der Waals surface area contributed by atoms with Crippen molar-refractivity contribution in [2.75, 3.05) is 7.11 Å². The Morgan fingerprint density at radius 1 is 0.935 bits per heavy atom. The minimum absolute atomic E-state index is 0.250. The van der Waals surface area contributed by atoms with Crippen LogP contribution in [0, 0.1) is 11.3 Å². The molecule has 1 atom stereocenters. The van der Waals surface area contributed by atoms with E-state index in [2.05, 4.69) is 16.4 Å². The van der Waals surface area contributed by atoms with Crippen LogP contribution in [-0.4, -0.2) is 24.8 Å². The van der Waals surface area contributed by atoms with Crippen LogP contribution in [0.5, 0.6) is 0 Å². The van der Waals surface area contributed by atoms with Crippen LogP contribution in [0.2, 0.25) is 0 Å². The van der Waals surface area contributed by atoms with Crippen LogP contribution >= 0.6 is 0 Å². The zero-order chi connectivity index (χ0) is 22.1. The number of nitriles is 1. The van der Waals surface area contributed by atoms with Crippen molar-refractivity contribution in [3.8, 4) is 6.07 Å². The summed E-state index contributed by atoms with van der Waals surface area (Å²) in [6, 6.07) is 26.7. The van der Waals surface area contributed by atoms with Gasteiger partial charge in [0.1, 0.15) is 0 Å². The average molecular weight is 411 g/mol. The van der Waals surface area contributed by atoms with Crippen LogP contribution in [0.25, 0.3) is 0 Å². The molecule has 6 heteroatoms. The standard InChI is InChI=1S/C25H21N3O3/c1-31-25(30)28-23(19-8-4-2-5-9-19)16-22(20-14-12-18(17-26)13-15-20)27-24(29)21-10-6-3-7-11-21/h2-15,22H,16H2,1H3,(H,27,29)/b28-23+/t22-/m1/s1. The fourth-order valence-electron chi connectivity index (χ4n) is 3.08. The molecular weight excluding hydrogens is 390 g/mol. The van der Waals surface area contributed by atoms with Gasteiger partial charge >= 0.3 is 6.09 Å². The van der Waals surface area contributed by atoms with Gasteiger partial charge in [0.05, 0.1) is 30.5 Å². The lowest BCUT2D eigenvalue weighted by Crippen LogP contribution is -2.30. The second-order valence-corrected chi connectivity index (χ2v) is 6.72. The number of carbonyl (C=O) groups is 2. The number of methoxy groups -OCH3 is 1. The van der Waals surface area contributed by atoms with E-state index in [1.165, 1.54) is 7.11 Å². The molecule has 1 N–H and O–H groups in total. The highest BCUT2D eigenvalue weighted by atomic mass is 16.5. The van der Waals surface area contributed by atoms with E-state index >= 15 is 0 Å². The van der Waals surface area contributed by atoms with E-state index < -0.39 is 12.1 Å². The maximum absolute atomic E-state index is 12.9. The monoisotopic (exact) mass is 411 g/mol. The van der Waals surface area contributed by atoms with Gasteiger partial charge in [0.25, 0.3) is 5.91 Å². The molecule has 0 aliphatic carbocycles. The molecule has 3 aromatic rings. The number of amides is 2. The van der Waals surface area contributed by atoms with Crippen LogP contribution < -0.4 is 5.32 Å². The maximum atomic E-state index is 12.9. The number of carbonyl (C=O) groups excluding carboxylic acids is 2. The second kappa shape index (κ2) is 10.5. The molecule has 0 fully saturated rings. The fourth-order valence-corrected chi connectivity index (χ4v) is 3.08. The highest BCUT2D eigenvalue weighted by Gasteiger charge is 2.20. The molecule has 0 saturated carbocycles.